The van der Waals surface area contributed by atoms with Crippen molar-refractivity contribution in [2.24, 2.45) is 0 Å². The fourth-order valence-electron chi connectivity index (χ4n) is 3.46. The van der Waals surface area contributed by atoms with Crippen molar-refractivity contribution in [3.8, 4) is 0 Å². The summed E-state index contributed by atoms with van der Waals surface area (Å²) in [6.45, 7) is 1.04. The lowest BCUT2D eigenvalue weighted by Crippen LogP contribution is -2.34. The van der Waals surface area contributed by atoms with Gasteiger partial charge in [-0.15, -0.1) is 0 Å². The molecule has 0 saturated carbocycles. The molecular weight excluding hydrogens is 332 g/mol. The minimum absolute atomic E-state index is 0.0776. The molecule has 0 aromatic carbocycles. The van der Waals surface area contributed by atoms with E-state index in [4.69, 9.17) is 10.5 Å². The van der Waals surface area contributed by atoms with Crippen LogP contribution in [0.15, 0.2) is 4.79 Å². The number of aliphatic hydroxyl groups excluding tert-OH is 3. The number of nitrogen functional groups attached to an aromatic ring is 1. The molecule has 2 aliphatic rings. The van der Waals surface area contributed by atoms with Crippen molar-refractivity contribution < 1.29 is 20.1 Å². The van der Waals surface area contributed by atoms with Gasteiger partial charge >= 0.3 is 0 Å². The molecule has 0 aliphatic carbocycles. The van der Waals surface area contributed by atoms with Gasteiger partial charge in [0.2, 0.25) is 11.9 Å². The maximum Gasteiger partial charge on any atom is 0.280 e. The number of aromatic nitrogens is 4. The highest BCUT2D eigenvalue weighted by molar-refractivity contribution is 5.75. The lowest BCUT2D eigenvalue weighted by atomic mass is 10.1. The second-order valence-corrected chi connectivity index (χ2v) is 6.33. The van der Waals surface area contributed by atoms with Gasteiger partial charge in [0.1, 0.15) is 18.3 Å². The molecule has 11 heteroatoms. The maximum absolute atomic E-state index is 12.2. The van der Waals surface area contributed by atoms with Gasteiger partial charge < -0.3 is 30.7 Å². The lowest BCUT2D eigenvalue weighted by Gasteiger charge is -2.23. The fraction of sp³-hybridized carbons (Fsp3) is 0.643. The van der Waals surface area contributed by atoms with E-state index in [2.05, 4.69) is 15.0 Å². The van der Waals surface area contributed by atoms with Crippen molar-refractivity contribution in [2.75, 3.05) is 30.3 Å². The molecule has 136 valence electrons. The summed E-state index contributed by atoms with van der Waals surface area (Å²) in [4.78, 5) is 25.1. The van der Waals surface area contributed by atoms with E-state index in [-0.39, 0.29) is 17.1 Å². The minimum Gasteiger partial charge on any atom is -0.394 e. The number of nitrogens with one attached hydrogen (secondary N) is 1. The summed E-state index contributed by atoms with van der Waals surface area (Å²) < 4.78 is 7.10. The van der Waals surface area contributed by atoms with E-state index in [9.17, 15) is 20.1 Å². The van der Waals surface area contributed by atoms with Crippen LogP contribution in [0, 0.1) is 0 Å². The maximum atomic E-state index is 12.2. The Hall–Kier alpha value is -2.21. The second kappa shape index (κ2) is 5.95. The Bertz CT molecular complexity index is 844. The SMILES string of the molecule is Nc1nc2c(nc(N3CCCC3)n2C2OC(CO)C(O)C2O)c(=O)[nH]1. The summed E-state index contributed by atoms with van der Waals surface area (Å²) in [5, 5.41) is 29.8. The first kappa shape index (κ1) is 16.3. The van der Waals surface area contributed by atoms with Crippen molar-refractivity contribution in [1.82, 2.24) is 19.5 Å². The summed E-state index contributed by atoms with van der Waals surface area (Å²) in [7, 11) is 0. The first-order chi connectivity index (χ1) is 12.0. The van der Waals surface area contributed by atoms with Gasteiger partial charge in [0.25, 0.3) is 5.56 Å². The number of H-pyrrole nitrogens is 1. The van der Waals surface area contributed by atoms with E-state index >= 15 is 0 Å². The summed E-state index contributed by atoms with van der Waals surface area (Å²) in [6.07, 6.45) is -2.60. The van der Waals surface area contributed by atoms with E-state index < -0.39 is 36.7 Å². The molecule has 4 rings (SSSR count). The Morgan fingerprint density at radius 2 is 1.96 bits per heavy atom. The lowest BCUT2D eigenvalue weighted by molar-refractivity contribution is -0.0504. The number of ether oxygens (including phenoxy) is 1. The molecule has 0 spiro atoms. The Morgan fingerprint density at radius 1 is 1.24 bits per heavy atom. The van der Waals surface area contributed by atoms with E-state index in [1.54, 1.807) is 0 Å². The molecule has 11 nitrogen and oxygen atoms in total. The first-order valence-corrected chi connectivity index (χ1v) is 8.16. The Labute approximate surface area is 141 Å². The van der Waals surface area contributed by atoms with Crippen molar-refractivity contribution >= 4 is 23.1 Å². The molecule has 6 N–H and O–H groups in total. The fourth-order valence-corrected chi connectivity index (χ4v) is 3.46. The van der Waals surface area contributed by atoms with Gasteiger partial charge in [0.15, 0.2) is 17.4 Å². The number of fused-ring (bicyclic) bond motifs is 1. The number of aliphatic hydroxyl groups is 3. The Balaban J connectivity index is 1.91. The van der Waals surface area contributed by atoms with Gasteiger partial charge in [-0.25, -0.2) is 4.98 Å². The van der Waals surface area contributed by atoms with Crippen molar-refractivity contribution in [1.29, 1.82) is 0 Å². The molecular formula is C14H20N6O5. The summed E-state index contributed by atoms with van der Waals surface area (Å²) in [5.41, 5.74) is 5.41. The summed E-state index contributed by atoms with van der Waals surface area (Å²) in [5.74, 6) is 0.337. The zero-order valence-corrected chi connectivity index (χ0v) is 13.4. The number of rotatable bonds is 3. The highest BCUT2D eigenvalue weighted by Gasteiger charge is 2.45. The van der Waals surface area contributed by atoms with Crippen molar-refractivity contribution in [2.45, 2.75) is 37.4 Å². The van der Waals surface area contributed by atoms with Crippen LogP contribution < -0.4 is 16.2 Å². The standard InChI is InChI=1S/C14H20N6O5/c15-13-17-10-7(11(24)18-13)16-14(19-3-1-2-4-19)20(10)12-9(23)8(22)6(5-21)25-12/h6,8-9,12,21-23H,1-5H2,(H3,15,17,18,24). The smallest absolute Gasteiger partial charge is 0.280 e. The molecule has 2 saturated heterocycles. The van der Waals surface area contributed by atoms with Crippen LogP contribution in [0.5, 0.6) is 0 Å². The molecule has 4 atom stereocenters. The third-order valence-corrected chi connectivity index (χ3v) is 4.71. The molecule has 25 heavy (non-hydrogen) atoms. The van der Waals surface area contributed by atoms with Crippen LogP contribution in [0.4, 0.5) is 11.9 Å². The normalized spacial score (nSPS) is 29.8. The molecule has 2 aromatic rings. The van der Waals surface area contributed by atoms with Gasteiger partial charge in [0.05, 0.1) is 6.61 Å². The molecule has 2 aliphatic heterocycles. The molecule has 4 unspecified atom stereocenters. The number of nitrogens with zero attached hydrogens (tertiary/aromatic N) is 4. The Morgan fingerprint density at radius 3 is 2.60 bits per heavy atom. The highest BCUT2D eigenvalue weighted by Crippen LogP contribution is 2.35. The average Bonchev–Trinajstić information content (AvgIpc) is 3.27. The zero-order valence-electron chi connectivity index (χ0n) is 13.4. The van der Waals surface area contributed by atoms with Gasteiger partial charge in [-0.05, 0) is 12.8 Å². The van der Waals surface area contributed by atoms with Crippen molar-refractivity contribution in [3.05, 3.63) is 10.4 Å². The van der Waals surface area contributed by atoms with Gasteiger partial charge in [-0.2, -0.15) is 4.98 Å². The van der Waals surface area contributed by atoms with E-state index in [1.165, 1.54) is 4.57 Å². The quantitative estimate of drug-likeness (QED) is 0.417. The van der Waals surface area contributed by atoms with Gasteiger partial charge in [-0.1, -0.05) is 0 Å². The summed E-state index contributed by atoms with van der Waals surface area (Å²) >= 11 is 0. The number of anilines is 2. The van der Waals surface area contributed by atoms with Crippen LogP contribution in [0.2, 0.25) is 0 Å². The van der Waals surface area contributed by atoms with Crippen LogP contribution >= 0.6 is 0 Å². The van der Waals surface area contributed by atoms with E-state index in [0.29, 0.717) is 5.95 Å². The number of imidazole rings is 1. The molecule has 2 fully saturated rings. The van der Waals surface area contributed by atoms with E-state index in [1.807, 2.05) is 4.90 Å². The molecule has 4 heterocycles. The predicted octanol–water partition coefficient (Wildman–Crippen LogP) is -2.09. The predicted molar refractivity (Wildman–Crippen MR) is 87.0 cm³/mol. The third kappa shape index (κ3) is 2.47. The van der Waals surface area contributed by atoms with Crippen LogP contribution in [0.25, 0.3) is 11.2 Å². The number of aromatic amines is 1. The minimum atomic E-state index is -1.31. The van der Waals surface area contributed by atoms with Gasteiger partial charge in [0, 0.05) is 13.1 Å². The van der Waals surface area contributed by atoms with Crippen molar-refractivity contribution in [3.63, 3.8) is 0 Å². The third-order valence-electron chi connectivity index (χ3n) is 4.71. The molecule has 0 bridgehead atoms. The average molecular weight is 352 g/mol. The summed E-state index contributed by atoms with van der Waals surface area (Å²) in [6, 6.07) is 0. The molecule has 0 amide bonds. The zero-order chi connectivity index (χ0) is 17.7. The molecule has 0 radical (unpaired) electrons. The van der Waals surface area contributed by atoms with Crippen LogP contribution in [0.3, 0.4) is 0 Å². The monoisotopic (exact) mass is 352 g/mol. The first-order valence-electron chi connectivity index (χ1n) is 8.16. The van der Waals surface area contributed by atoms with Crippen LogP contribution in [-0.4, -0.2) is 72.8 Å². The van der Waals surface area contributed by atoms with Gasteiger partial charge in [-0.3, -0.25) is 14.3 Å². The van der Waals surface area contributed by atoms with Crippen LogP contribution in [-0.2, 0) is 4.74 Å². The Kier molecular flexibility index (Phi) is 3.87. The largest absolute Gasteiger partial charge is 0.394 e. The number of nitrogens with two attached hydrogens (primary N) is 1. The number of hydrogen-bond donors (Lipinski definition) is 5. The van der Waals surface area contributed by atoms with E-state index in [0.717, 1.165) is 25.9 Å². The topological polar surface area (TPSA) is 163 Å². The number of hydrogen-bond acceptors (Lipinski definition) is 9. The second-order valence-electron chi connectivity index (χ2n) is 6.33. The van der Waals surface area contributed by atoms with Crippen LogP contribution in [0.1, 0.15) is 19.1 Å². The highest BCUT2D eigenvalue weighted by atomic mass is 16.6. The molecule has 2 aromatic heterocycles.